The molecule has 0 aromatic carbocycles. The average Bonchev–Trinajstić information content (AvgIpc) is 2.59. The van der Waals surface area contributed by atoms with Crippen molar-refractivity contribution in [2.45, 2.75) is 38.6 Å². The van der Waals surface area contributed by atoms with Crippen molar-refractivity contribution in [3.8, 4) is 0 Å². The molecule has 2 heterocycles. The fourth-order valence-electron chi connectivity index (χ4n) is 3.82. The van der Waals surface area contributed by atoms with Crippen LogP contribution in [0.3, 0.4) is 0 Å². The molecule has 24 heavy (non-hydrogen) atoms. The highest BCUT2D eigenvalue weighted by Gasteiger charge is 2.49. The number of carbonyl (C=O) groups excluding carboxylic acids is 2. The normalized spacial score (nSPS) is 22.1. The molecule has 2 fully saturated rings. The summed E-state index contributed by atoms with van der Waals surface area (Å²) in [4.78, 5) is 30.4. The molecule has 6 nitrogen and oxygen atoms in total. The Labute approximate surface area is 142 Å². The van der Waals surface area contributed by atoms with E-state index < -0.39 is 0 Å². The highest BCUT2D eigenvalue weighted by Crippen LogP contribution is 2.49. The summed E-state index contributed by atoms with van der Waals surface area (Å²) in [5, 5.41) is 3.08. The molecule has 2 aliphatic rings. The van der Waals surface area contributed by atoms with E-state index in [1.54, 1.807) is 6.20 Å². The lowest BCUT2D eigenvalue weighted by molar-refractivity contribution is -0.129. The first-order chi connectivity index (χ1) is 11.5. The van der Waals surface area contributed by atoms with Gasteiger partial charge in [0.15, 0.2) is 0 Å². The Morgan fingerprint density at radius 3 is 2.62 bits per heavy atom. The molecule has 1 unspecified atom stereocenters. The number of piperidine rings is 1. The monoisotopic (exact) mass is 331 g/mol. The zero-order chi connectivity index (χ0) is 17.2. The van der Waals surface area contributed by atoms with E-state index in [0.29, 0.717) is 5.56 Å². The number of likely N-dealkylation sites (tertiary alicyclic amines) is 1. The molecular weight excluding hydrogens is 306 g/mol. The summed E-state index contributed by atoms with van der Waals surface area (Å²) in [5.41, 5.74) is 1.72. The van der Waals surface area contributed by atoms with Gasteiger partial charge in [0.2, 0.25) is 5.91 Å². The third kappa shape index (κ3) is 3.29. The van der Waals surface area contributed by atoms with Crippen LogP contribution in [0.2, 0.25) is 0 Å². The first-order valence-electron chi connectivity index (χ1n) is 8.54. The molecule has 0 radical (unpaired) electrons. The van der Waals surface area contributed by atoms with Crippen molar-refractivity contribution in [2.75, 3.05) is 26.8 Å². The van der Waals surface area contributed by atoms with Crippen LogP contribution in [-0.2, 0) is 9.53 Å². The molecule has 1 aromatic rings. The van der Waals surface area contributed by atoms with E-state index in [4.69, 9.17) is 4.74 Å². The first-order valence-corrected chi connectivity index (χ1v) is 8.54. The van der Waals surface area contributed by atoms with Gasteiger partial charge in [-0.25, -0.2) is 0 Å². The van der Waals surface area contributed by atoms with Gasteiger partial charge in [-0.2, -0.15) is 0 Å². The second-order valence-corrected chi connectivity index (χ2v) is 6.93. The van der Waals surface area contributed by atoms with Crippen LogP contribution < -0.4 is 5.32 Å². The number of hydrogen-bond donors (Lipinski definition) is 1. The standard InChI is InChI=1S/C18H25N3O3/c1-13-3-4-14(11-19-13)17(23)21-9-7-18(8-10-21)6-5-15(18)20-16(22)12-24-2/h3-4,11,15H,5-10,12H2,1-2H3,(H,20,22). The Morgan fingerprint density at radius 1 is 1.33 bits per heavy atom. The van der Waals surface area contributed by atoms with Gasteiger partial charge in [0.25, 0.3) is 5.91 Å². The number of hydrogen-bond acceptors (Lipinski definition) is 4. The minimum absolute atomic E-state index is 0.0502. The number of methoxy groups -OCH3 is 1. The molecule has 1 spiro atoms. The molecule has 130 valence electrons. The first kappa shape index (κ1) is 16.9. The maximum atomic E-state index is 12.6. The molecule has 6 heteroatoms. The summed E-state index contributed by atoms with van der Waals surface area (Å²) in [6, 6.07) is 3.93. The van der Waals surface area contributed by atoms with Crippen molar-refractivity contribution in [3.63, 3.8) is 0 Å². The van der Waals surface area contributed by atoms with E-state index in [1.807, 2.05) is 24.0 Å². The number of aryl methyl sites for hydroxylation is 1. The van der Waals surface area contributed by atoms with Gasteiger partial charge >= 0.3 is 0 Å². The van der Waals surface area contributed by atoms with E-state index in [2.05, 4.69) is 10.3 Å². The maximum absolute atomic E-state index is 12.6. The molecular formula is C18H25N3O3. The molecule has 1 aromatic heterocycles. The quantitative estimate of drug-likeness (QED) is 0.908. The second kappa shape index (κ2) is 6.89. The van der Waals surface area contributed by atoms with Crippen LogP contribution in [-0.4, -0.2) is 54.5 Å². The molecule has 3 rings (SSSR count). The Morgan fingerprint density at radius 2 is 2.08 bits per heavy atom. The van der Waals surface area contributed by atoms with Crippen molar-refractivity contribution in [1.82, 2.24) is 15.2 Å². The SMILES string of the molecule is COCC(=O)NC1CCC12CCN(C(=O)c1ccc(C)nc1)CC2. The fourth-order valence-corrected chi connectivity index (χ4v) is 3.82. The number of amides is 2. The van der Waals surface area contributed by atoms with Crippen LogP contribution in [0, 0.1) is 12.3 Å². The second-order valence-electron chi connectivity index (χ2n) is 6.93. The van der Waals surface area contributed by atoms with Crippen LogP contribution in [0.15, 0.2) is 18.3 Å². The van der Waals surface area contributed by atoms with Crippen LogP contribution >= 0.6 is 0 Å². The van der Waals surface area contributed by atoms with Crippen LogP contribution in [0.4, 0.5) is 0 Å². The van der Waals surface area contributed by atoms with Crippen LogP contribution in [0.25, 0.3) is 0 Å². The Hall–Kier alpha value is -1.95. The van der Waals surface area contributed by atoms with E-state index >= 15 is 0 Å². The predicted molar refractivity (Wildman–Crippen MR) is 89.6 cm³/mol. The molecule has 1 saturated carbocycles. The van der Waals surface area contributed by atoms with Crippen molar-refractivity contribution in [2.24, 2.45) is 5.41 Å². The van der Waals surface area contributed by atoms with Gasteiger partial charge < -0.3 is 15.0 Å². The smallest absolute Gasteiger partial charge is 0.255 e. The summed E-state index contributed by atoms with van der Waals surface area (Å²) in [6.07, 6.45) is 5.68. The molecule has 1 aliphatic heterocycles. The predicted octanol–water partition coefficient (Wildman–Crippen LogP) is 1.54. The minimum atomic E-state index is -0.0502. The maximum Gasteiger partial charge on any atom is 0.255 e. The van der Waals surface area contributed by atoms with Crippen molar-refractivity contribution in [1.29, 1.82) is 0 Å². The Balaban J connectivity index is 1.56. The largest absolute Gasteiger partial charge is 0.375 e. The van der Waals surface area contributed by atoms with Gasteiger partial charge in [0, 0.05) is 38.1 Å². The van der Waals surface area contributed by atoms with Gasteiger partial charge in [-0.3, -0.25) is 14.6 Å². The molecule has 1 aliphatic carbocycles. The number of rotatable bonds is 4. The summed E-state index contributed by atoms with van der Waals surface area (Å²) in [6.45, 7) is 3.50. The Bertz CT molecular complexity index is 606. The van der Waals surface area contributed by atoms with Crippen LogP contribution in [0.1, 0.15) is 41.7 Å². The van der Waals surface area contributed by atoms with E-state index in [9.17, 15) is 9.59 Å². The number of nitrogens with zero attached hydrogens (tertiary/aromatic N) is 2. The zero-order valence-corrected chi connectivity index (χ0v) is 14.4. The van der Waals surface area contributed by atoms with Crippen molar-refractivity contribution >= 4 is 11.8 Å². The third-order valence-corrected chi connectivity index (χ3v) is 5.49. The summed E-state index contributed by atoms with van der Waals surface area (Å²) < 4.78 is 4.88. The van der Waals surface area contributed by atoms with E-state index in [1.165, 1.54) is 7.11 Å². The average molecular weight is 331 g/mol. The summed E-state index contributed by atoms with van der Waals surface area (Å²) >= 11 is 0. The summed E-state index contributed by atoms with van der Waals surface area (Å²) in [5.74, 6) is 0.00227. The van der Waals surface area contributed by atoms with E-state index in [-0.39, 0.29) is 29.9 Å². The van der Waals surface area contributed by atoms with Crippen molar-refractivity contribution in [3.05, 3.63) is 29.6 Å². The fraction of sp³-hybridized carbons (Fsp3) is 0.611. The van der Waals surface area contributed by atoms with Crippen LogP contribution in [0.5, 0.6) is 0 Å². The highest BCUT2D eigenvalue weighted by molar-refractivity contribution is 5.94. The Kier molecular flexibility index (Phi) is 4.85. The van der Waals surface area contributed by atoms with Gasteiger partial charge in [0.05, 0.1) is 5.56 Å². The van der Waals surface area contributed by atoms with Gasteiger partial charge in [0.1, 0.15) is 6.61 Å². The van der Waals surface area contributed by atoms with Gasteiger partial charge in [-0.1, -0.05) is 0 Å². The third-order valence-electron chi connectivity index (χ3n) is 5.49. The zero-order valence-electron chi connectivity index (χ0n) is 14.4. The molecule has 2 amide bonds. The number of nitrogens with one attached hydrogen (secondary N) is 1. The van der Waals surface area contributed by atoms with Crippen molar-refractivity contribution < 1.29 is 14.3 Å². The number of aromatic nitrogens is 1. The lowest BCUT2D eigenvalue weighted by atomic mass is 9.59. The lowest BCUT2D eigenvalue weighted by Gasteiger charge is -2.54. The molecule has 0 bridgehead atoms. The molecule has 1 saturated heterocycles. The number of carbonyl (C=O) groups is 2. The lowest BCUT2D eigenvalue weighted by Crippen LogP contribution is -2.60. The minimum Gasteiger partial charge on any atom is -0.375 e. The number of pyridine rings is 1. The van der Waals surface area contributed by atoms with E-state index in [0.717, 1.165) is 44.5 Å². The highest BCUT2D eigenvalue weighted by atomic mass is 16.5. The number of ether oxygens (including phenoxy) is 1. The topological polar surface area (TPSA) is 71.5 Å². The summed E-state index contributed by atoms with van der Waals surface area (Å²) in [7, 11) is 1.53. The molecule has 1 atom stereocenters. The van der Waals surface area contributed by atoms with Gasteiger partial charge in [-0.05, 0) is 50.2 Å². The van der Waals surface area contributed by atoms with Gasteiger partial charge in [-0.15, -0.1) is 0 Å². The molecule has 1 N–H and O–H groups in total.